The summed E-state index contributed by atoms with van der Waals surface area (Å²) in [6.07, 6.45) is 0. The van der Waals surface area contributed by atoms with Crippen LogP contribution in [0.4, 0.5) is 5.69 Å². The molecule has 0 aliphatic carbocycles. The predicted molar refractivity (Wildman–Crippen MR) is 61.5 cm³/mol. The maximum atomic E-state index is 9.20. The summed E-state index contributed by atoms with van der Waals surface area (Å²) >= 11 is 0. The van der Waals surface area contributed by atoms with Crippen LogP contribution < -0.4 is 4.48 Å². The SMILES string of the molecule is CC(C)C[N+](C)(C)c1ccc(O)cc1. The molecule has 0 aromatic heterocycles. The van der Waals surface area contributed by atoms with E-state index in [1.165, 1.54) is 5.69 Å². The molecule has 1 aromatic rings. The zero-order valence-electron chi connectivity index (χ0n) is 9.49. The van der Waals surface area contributed by atoms with Crippen molar-refractivity contribution in [3.8, 4) is 5.75 Å². The highest BCUT2D eigenvalue weighted by molar-refractivity contribution is 5.44. The van der Waals surface area contributed by atoms with Crippen molar-refractivity contribution in [2.75, 3.05) is 20.6 Å². The summed E-state index contributed by atoms with van der Waals surface area (Å²) in [6, 6.07) is 7.46. The van der Waals surface area contributed by atoms with Gasteiger partial charge in [-0.3, -0.25) is 4.48 Å². The number of nitrogens with zero attached hydrogens (tertiary/aromatic N) is 1. The van der Waals surface area contributed by atoms with E-state index < -0.39 is 0 Å². The maximum Gasteiger partial charge on any atom is 0.132 e. The van der Waals surface area contributed by atoms with E-state index in [0.29, 0.717) is 11.7 Å². The van der Waals surface area contributed by atoms with Crippen molar-refractivity contribution in [1.29, 1.82) is 0 Å². The first kappa shape index (κ1) is 11.1. The first-order valence-electron chi connectivity index (χ1n) is 5.04. The van der Waals surface area contributed by atoms with Crippen LogP contribution in [0.5, 0.6) is 5.75 Å². The van der Waals surface area contributed by atoms with Crippen molar-refractivity contribution in [3.63, 3.8) is 0 Å². The summed E-state index contributed by atoms with van der Waals surface area (Å²) in [4.78, 5) is 0. The van der Waals surface area contributed by atoms with Crippen LogP contribution in [0.25, 0.3) is 0 Å². The Morgan fingerprint density at radius 3 is 2.07 bits per heavy atom. The van der Waals surface area contributed by atoms with Gasteiger partial charge >= 0.3 is 0 Å². The van der Waals surface area contributed by atoms with Gasteiger partial charge in [0, 0.05) is 18.1 Å². The normalized spacial score (nSPS) is 12.1. The average molecular weight is 194 g/mol. The Bertz CT molecular complexity index is 288. The summed E-state index contributed by atoms with van der Waals surface area (Å²) in [5.41, 5.74) is 1.23. The molecule has 0 saturated heterocycles. The Kier molecular flexibility index (Phi) is 3.17. The van der Waals surface area contributed by atoms with Gasteiger partial charge in [0.2, 0.25) is 0 Å². The Labute approximate surface area is 86.4 Å². The number of hydrogen-bond acceptors (Lipinski definition) is 1. The molecule has 0 bridgehead atoms. The van der Waals surface area contributed by atoms with Gasteiger partial charge in [-0.25, -0.2) is 0 Å². The number of quaternary nitrogens is 1. The van der Waals surface area contributed by atoms with E-state index in [1.54, 1.807) is 12.1 Å². The minimum atomic E-state index is 0.332. The molecule has 0 unspecified atom stereocenters. The number of phenolic OH excluding ortho intramolecular Hbond substituents is 1. The van der Waals surface area contributed by atoms with Crippen LogP contribution in [0, 0.1) is 5.92 Å². The van der Waals surface area contributed by atoms with Gasteiger partial charge in [0.15, 0.2) is 0 Å². The van der Waals surface area contributed by atoms with Crippen LogP contribution in [0.1, 0.15) is 13.8 Å². The third-order valence-corrected chi connectivity index (χ3v) is 2.37. The summed E-state index contributed by atoms with van der Waals surface area (Å²) in [5.74, 6) is 0.997. The minimum absolute atomic E-state index is 0.332. The highest BCUT2D eigenvalue weighted by Gasteiger charge is 2.19. The van der Waals surface area contributed by atoms with E-state index in [1.807, 2.05) is 12.1 Å². The molecule has 2 nitrogen and oxygen atoms in total. The van der Waals surface area contributed by atoms with Gasteiger partial charge in [-0.1, -0.05) is 13.8 Å². The first-order chi connectivity index (χ1) is 6.42. The van der Waals surface area contributed by atoms with Crippen molar-refractivity contribution in [2.24, 2.45) is 5.92 Å². The summed E-state index contributed by atoms with van der Waals surface area (Å²) < 4.78 is 0.859. The van der Waals surface area contributed by atoms with Gasteiger partial charge < -0.3 is 5.11 Å². The van der Waals surface area contributed by atoms with Crippen molar-refractivity contribution in [1.82, 2.24) is 4.48 Å². The smallest absolute Gasteiger partial charge is 0.132 e. The van der Waals surface area contributed by atoms with E-state index in [0.717, 1.165) is 11.0 Å². The molecule has 0 spiro atoms. The highest BCUT2D eigenvalue weighted by atomic mass is 16.3. The van der Waals surface area contributed by atoms with Crippen LogP contribution in [0.2, 0.25) is 0 Å². The molecule has 1 aromatic carbocycles. The second-order valence-corrected chi connectivity index (χ2v) is 4.78. The Balaban J connectivity index is 2.86. The molecule has 0 radical (unpaired) electrons. The molecule has 0 fully saturated rings. The minimum Gasteiger partial charge on any atom is -0.508 e. The highest BCUT2D eigenvalue weighted by Crippen LogP contribution is 2.22. The third kappa shape index (κ3) is 2.74. The fraction of sp³-hybridized carbons (Fsp3) is 0.500. The van der Waals surface area contributed by atoms with Crippen molar-refractivity contribution in [3.05, 3.63) is 24.3 Å². The summed E-state index contributed by atoms with van der Waals surface area (Å²) in [5, 5.41) is 9.20. The van der Waals surface area contributed by atoms with Crippen LogP contribution in [0.15, 0.2) is 24.3 Å². The van der Waals surface area contributed by atoms with E-state index in [2.05, 4.69) is 27.9 Å². The Morgan fingerprint density at radius 1 is 1.14 bits per heavy atom. The van der Waals surface area contributed by atoms with Crippen LogP contribution >= 0.6 is 0 Å². The second kappa shape index (κ2) is 4.01. The topological polar surface area (TPSA) is 20.2 Å². The number of benzene rings is 1. The lowest BCUT2D eigenvalue weighted by Crippen LogP contribution is -2.43. The van der Waals surface area contributed by atoms with Crippen LogP contribution in [0.3, 0.4) is 0 Å². The fourth-order valence-corrected chi connectivity index (χ4v) is 1.87. The van der Waals surface area contributed by atoms with Gasteiger partial charge in [0.1, 0.15) is 11.4 Å². The zero-order chi connectivity index (χ0) is 10.8. The fourth-order valence-electron chi connectivity index (χ4n) is 1.87. The molecule has 0 amide bonds. The van der Waals surface area contributed by atoms with E-state index >= 15 is 0 Å². The Hall–Kier alpha value is -1.02. The molecule has 2 heteroatoms. The number of aromatic hydroxyl groups is 1. The first-order valence-corrected chi connectivity index (χ1v) is 5.04. The molecule has 0 heterocycles. The lowest BCUT2D eigenvalue weighted by molar-refractivity contribution is 0.347. The molecule has 78 valence electrons. The van der Waals surface area contributed by atoms with Crippen molar-refractivity contribution in [2.45, 2.75) is 13.8 Å². The van der Waals surface area contributed by atoms with E-state index in [4.69, 9.17) is 0 Å². The maximum absolute atomic E-state index is 9.20. The van der Waals surface area contributed by atoms with Crippen molar-refractivity contribution >= 4 is 5.69 Å². The number of hydrogen-bond donors (Lipinski definition) is 1. The molecular weight excluding hydrogens is 174 g/mol. The quantitative estimate of drug-likeness (QED) is 0.733. The third-order valence-electron chi connectivity index (χ3n) is 2.37. The van der Waals surface area contributed by atoms with Gasteiger partial charge in [0.05, 0.1) is 20.6 Å². The summed E-state index contributed by atoms with van der Waals surface area (Å²) in [6.45, 7) is 5.55. The molecule has 0 saturated carbocycles. The summed E-state index contributed by atoms with van der Waals surface area (Å²) in [7, 11) is 4.37. The van der Waals surface area contributed by atoms with E-state index in [-0.39, 0.29) is 0 Å². The molecule has 1 N–H and O–H groups in total. The number of rotatable bonds is 3. The predicted octanol–water partition coefficient (Wildman–Crippen LogP) is 2.62. The van der Waals surface area contributed by atoms with Gasteiger partial charge in [-0.2, -0.15) is 0 Å². The zero-order valence-corrected chi connectivity index (χ0v) is 9.49. The molecule has 0 aliphatic heterocycles. The van der Waals surface area contributed by atoms with Crippen LogP contribution in [-0.4, -0.2) is 25.7 Å². The van der Waals surface area contributed by atoms with Gasteiger partial charge in [0.25, 0.3) is 0 Å². The number of phenols is 1. The molecule has 1 rings (SSSR count). The standard InChI is InChI=1S/C12H19NO/c1-10(2)9-13(3,4)11-5-7-12(14)8-6-11/h5-8,10H,9H2,1-4H3/p+1. The Morgan fingerprint density at radius 2 is 1.64 bits per heavy atom. The molecule has 14 heavy (non-hydrogen) atoms. The lowest BCUT2D eigenvalue weighted by Gasteiger charge is -2.30. The van der Waals surface area contributed by atoms with Crippen molar-refractivity contribution < 1.29 is 5.11 Å². The molecule has 0 atom stereocenters. The lowest BCUT2D eigenvalue weighted by atomic mass is 10.1. The molecule has 0 aliphatic rings. The van der Waals surface area contributed by atoms with Gasteiger partial charge in [-0.15, -0.1) is 0 Å². The largest absolute Gasteiger partial charge is 0.508 e. The van der Waals surface area contributed by atoms with E-state index in [9.17, 15) is 5.11 Å². The average Bonchev–Trinajstić information content (AvgIpc) is 2.02. The van der Waals surface area contributed by atoms with Crippen LogP contribution in [-0.2, 0) is 0 Å². The van der Waals surface area contributed by atoms with Gasteiger partial charge in [-0.05, 0) is 12.1 Å². The second-order valence-electron chi connectivity index (χ2n) is 4.78. The molecular formula is C12H20NO+. The monoisotopic (exact) mass is 194 g/mol.